The molecule has 0 bridgehead atoms. The number of ether oxygens (including phenoxy) is 2. The second-order valence-electron chi connectivity index (χ2n) is 12.0. The molecule has 3 amide bonds. The van der Waals surface area contributed by atoms with E-state index in [4.69, 9.17) is 9.47 Å². The number of carbonyl (C=O) groups is 4. The summed E-state index contributed by atoms with van der Waals surface area (Å²) >= 11 is 0. The molecule has 2 unspecified atom stereocenters. The lowest BCUT2D eigenvalue weighted by atomic mass is 9.80. The highest BCUT2D eigenvalue weighted by molar-refractivity contribution is 6.07. The van der Waals surface area contributed by atoms with Crippen LogP contribution in [0.3, 0.4) is 0 Å². The molecule has 2 N–H and O–H groups in total. The van der Waals surface area contributed by atoms with Crippen molar-refractivity contribution in [2.24, 2.45) is 5.92 Å². The quantitative estimate of drug-likeness (QED) is 0.336. The Morgan fingerprint density at radius 2 is 1.38 bits per heavy atom. The highest BCUT2D eigenvalue weighted by Gasteiger charge is 2.59. The van der Waals surface area contributed by atoms with Crippen LogP contribution in [0.25, 0.3) is 0 Å². The molecule has 1 aromatic rings. The first-order chi connectivity index (χ1) is 18.3. The van der Waals surface area contributed by atoms with Gasteiger partial charge >= 0.3 is 18.0 Å². The van der Waals surface area contributed by atoms with Gasteiger partial charge in [-0.25, -0.2) is 14.4 Å². The summed E-state index contributed by atoms with van der Waals surface area (Å²) < 4.78 is 10.4. The highest BCUT2D eigenvalue weighted by Crippen LogP contribution is 2.42. The van der Waals surface area contributed by atoms with E-state index in [2.05, 4.69) is 0 Å². The predicted octanol–water partition coefficient (Wildman–Crippen LogP) is 3.53. The lowest BCUT2D eigenvalue weighted by Crippen LogP contribution is -2.53. The van der Waals surface area contributed by atoms with E-state index in [1.165, 1.54) is 34.1 Å². The molecule has 1 aliphatic carbocycles. The van der Waals surface area contributed by atoms with Gasteiger partial charge < -0.3 is 24.6 Å². The number of benzene rings is 1. The Bertz CT molecular complexity index is 1040. The maximum atomic E-state index is 13.4. The van der Waals surface area contributed by atoms with Crippen LogP contribution in [0.2, 0.25) is 0 Å². The number of imide groups is 1. The smallest absolute Gasteiger partial charge is 0.338 e. The van der Waals surface area contributed by atoms with Gasteiger partial charge in [-0.15, -0.1) is 0 Å². The van der Waals surface area contributed by atoms with Crippen LogP contribution in [0.5, 0.6) is 0 Å². The number of amides is 3. The van der Waals surface area contributed by atoms with Gasteiger partial charge in [0.05, 0.1) is 23.8 Å². The van der Waals surface area contributed by atoms with E-state index in [0.717, 1.165) is 19.3 Å². The number of β-amino-alcohol motifs (C(OH)–C–C–N with tert-alkyl or cyclic N) is 1. The van der Waals surface area contributed by atoms with Crippen LogP contribution < -0.4 is 0 Å². The lowest BCUT2D eigenvalue weighted by Gasteiger charge is -2.39. The molecule has 1 aromatic carbocycles. The molecule has 1 saturated carbocycles. The molecule has 10 heteroatoms. The van der Waals surface area contributed by atoms with E-state index >= 15 is 0 Å². The second-order valence-corrected chi connectivity index (χ2v) is 12.0. The average Bonchev–Trinajstić information content (AvgIpc) is 3.06. The molecule has 1 aliphatic heterocycles. The van der Waals surface area contributed by atoms with Crippen LogP contribution in [0.1, 0.15) is 93.9 Å². The Hall–Kier alpha value is -2.98. The maximum Gasteiger partial charge on any atom is 0.338 e. The molecular formula is C29H42N2O8. The minimum absolute atomic E-state index is 0.112. The number of urea groups is 1. The summed E-state index contributed by atoms with van der Waals surface area (Å²) in [4.78, 5) is 54.3. The number of rotatable bonds is 10. The summed E-state index contributed by atoms with van der Waals surface area (Å²) in [5.74, 6) is -1.27. The Balaban J connectivity index is 1.57. The van der Waals surface area contributed by atoms with Gasteiger partial charge in [-0.2, -0.15) is 0 Å². The van der Waals surface area contributed by atoms with Gasteiger partial charge in [-0.1, -0.05) is 33.1 Å². The summed E-state index contributed by atoms with van der Waals surface area (Å²) in [5.41, 5.74) is -1.27. The van der Waals surface area contributed by atoms with Crippen molar-refractivity contribution in [3.05, 3.63) is 35.4 Å². The van der Waals surface area contributed by atoms with Crippen LogP contribution in [-0.2, 0) is 14.3 Å². The van der Waals surface area contributed by atoms with Crippen molar-refractivity contribution in [3.8, 4) is 0 Å². The number of esters is 2. The number of aliphatic hydroxyl groups is 2. The van der Waals surface area contributed by atoms with Crippen molar-refractivity contribution < 1.29 is 38.9 Å². The van der Waals surface area contributed by atoms with Crippen molar-refractivity contribution in [1.82, 2.24) is 9.80 Å². The summed E-state index contributed by atoms with van der Waals surface area (Å²) in [5, 5.41) is 20.6. The lowest BCUT2D eigenvalue weighted by molar-refractivity contribution is -0.138. The molecule has 216 valence electrons. The van der Waals surface area contributed by atoms with E-state index in [9.17, 15) is 29.4 Å². The molecule has 0 aromatic heterocycles. The van der Waals surface area contributed by atoms with Crippen LogP contribution in [0.15, 0.2) is 24.3 Å². The van der Waals surface area contributed by atoms with Gasteiger partial charge in [-0.05, 0) is 70.2 Å². The van der Waals surface area contributed by atoms with Crippen LogP contribution in [0, 0.1) is 5.92 Å². The molecule has 39 heavy (non-hydrogen) atoms. The first kappa shape index (κ1) is 30.6. The average molecular weight is 547 g/mol. The second kappa shape index (κ2) is 12.5. The number of hydrogen-bond donors (Lipinski definition) is 2. The van der Waals surface area contributed by atoms with E-state index in [0.29, 0.717) is 19.3 Å². The van der Waals surface area contributed by atoms with Crippen molar-refractivity contribution >= 4 is 23.9 Å². The van der Waals surface area contributed by atoms with E-state index in [1.807, 2.05) is 34.6 Å². The Labute approximate surface area is 230 Å². The number of carbonyl (C=O) groups excluding carboxylic acids is 4. The van der Waals surface area contributed by atoms with Crippen LogP contribution in [-0.4, -0.2) is 86.9 Å². The standard InChI is InChI=1S/C29H42N2O8/c1-19(2)15-22(32)17-38-24(34)20-9-11-21(12-10-20)25(35)39-18-23(33)16-30-27(37)31(28(3,4)5)26(36)29(30)13-7-6-8-14-29/h9-12,19,22-23,32-33H,6-8,13-18H2,1-5H3. The van der Waals surface area contributed by atoms with E-state index in [-0.39, 0.29) is 42.7 Å². The normalized spacial score (nSPS) is 19.0. The third-order valence-corrected chi connectivity index (χ3v) is 7.20. The minimum Gasteiger partial charge on any atom is -0.459 e. The molecule has 2 aliphatic rings. The monoisotopic (exact) mass is 546 g/mol. The molecular weight excluding hydrogens is 504 g/mol. The van der Waals surface area contributed by atoms with Crippen LogP contribution in [0.4, 0.5) is 4.79 Å². The van der Waals surface area contributed by atoms with Crippen molar-refractivity contribution in [1.29, 1.82) is 0 Å². The minimum atomic E-state index is -1.18. The molecule has 10 nitrogen and oxygen atoms in total. The predicted molar refractivity (Wildman–Crippen MR) is 143 cm³/mol. The topological polar surface area (TPSA) is 134 Å². The third-order valence-electron chi connectivity index (χ3n) is 7.20. The summed E-state index contributed by atoms with van der Waals surface area (Å²) in [7, 11) is 0. The molecule has 3 rings (SSSR count). The molecule has 2 atom stereocenters. The summed E-state index contributed by atoms with van der Waals surface area (Å²) in [6.07, 6.45) is 2.31. The number of hydrogen-bond acceptors (Lipinski definition) is 8. The van der Waals surface area contributed by atoms with Crippen molar-refractivity contribution in [3.63, 3.8) is 0 Å². The van der Waals surface area contributed by atoms with E-state index < -0.39 is 41.3 Å². The molecule has 2 fully saturated rings. The SMILES string of the molecule is CC(C)CC(O)COC(=O)c1ccc(C(=O)OCC(O)CN2C(=O)N(C(C)(C)C)C(=O)C23CCCCC3)cc1. The Morgan fingerprint density at radius 1 is 0.897 bits per heavy atom. The van der Waals surface area contributed by atoms with Gasteiger partial charge in [0, 0.05) is 5.54 Å². The zero-order chi connectivity index (χ0) is 29.0. The number of aliphatic hydroxyl groups excluding tert-OH is 2. The van der Waals surface area contributed by atoms with Crippen molar-refractivity contribution in [2.75, 3.05) is 19.8 Å². The molecule has 1 heterocycles. The number of nitrogens with zero attached hydrogens (tertiary/aromatic N) is 2. The zero-order valence-corrected chi connectivity index (χ0v) is 23.6. The maximum absolute atomic E-state index is 13.4. The Morgan fingerprint density at radius 3 is 1.85 bits per heavy atom. The first-order valence-corrected chi connectivity index (χ1v) is 13.7. The zero-order valence-electron chi connectivity index (χ0n) is 23.6. The third kappa shape index (κ3) is 7.16. The van der Waals surface area contributed by atoms with Gasteiger partial charge in [0.15, 0.2) is 0 Å². The fourth-order valence-electron chi connectivity index (χ4n) is 5.31. The van der Waals surface area contributed by atoms with Gasteiger partial charge in [0.25, 0.3) is 5.91 Å². The van der Waals surface area contributed by atoms with Crippen molar-refractivity contribution in [2.45, 2.75) is 96.4 Å². The fraction of sp³-hybridized carbons (Fsp3) is 0.655. The highest BCUT2D eigenvalue weighted by atomic mass is 16.5. The van der Waals surface area contributed by atoms with E-state index in [1.54, 1.807) is 0 Å². The molecule has 1 spiro atoms. The molecule has 1 saturated heterocycles. The van der Waals surface area contributed by atoms with Crippen LogP contribution >= 0.6 is 0 Å². The Kier molecular flexibility index (Phi) is 9.77. The largest absolute Gasteiger partial charge is 0.459 e. The summed E-state index contributed by atoms with van der Waals surface area (Å²) in [6, 6.07) is 5.24. The van der Waals surface area contributed by atoms with Gasteiger partial charge in [-0.3, -0.25) is 9.69 Å². The molecule has 0 radical (unpaired) electrons. The van der Waals surface area contributed by atoms with Gasteiger partial charge in [0.2, 0.25) is 0 Å². The first-order valence-electron chi connectivity index (χ1n) is 13.7. The van der Waals surface area contributed by atoms with Gasteiger partial charge in [0.1, 0.15) is 24.9 Å². The summed E-state index contributed by atoms with van der Waals surface area (Å²) in [6.45, 7) is 8.74. The fourth-order valence-corrected chi connectivity index (χ4v) is 5.31.